The highest BCUT2D eigenvalue weighted by Gasteiger charge is 2.16. The molecule has 1 amide bonds. The van der Waals surface area contributed by atoms with Crippen LogP contribution >= 0.6 is 22.9 Å². The van der Waals surface area contributed by atoms with Gasteiger partial charge in [0.25, 0.3) is 5.91 Å². The first-order chi connectivity index (χ1) is 9.97. The number of fused-ring (bicyclic) bond motifs is 1. The molecular weight excluding hydrogens is 313 g/mol. The number of anilines is 1. The molecule has 0 unspecified atom stereocenters. The second kappa shape index (κ2) is 5.13. The van der Waals surface area contributed by atoms with Gasteiger partial charge in [-0.05, 0) is 25.1 Å². The number of carbonyl (C=O) groups excluding carboxylic acids is 1. The monoisotopic (exact) mass is 323 g/mol. The van der Waals surface area contributed by atoms with Crippen LogP contribution in [0.1, 0.15) is 15.4 Å². The van der Waals surface area contributed by atoms with Crippen molar-refractivity contribution >= 4 is 44.7 Å². The maximum Gasteiger partial charge on any atom is 0.265 e. The predicted molar refractivity (Wildman–Crippen MR) is 82.7 cm³/mol. The van der Waals surface area contributed by atoms with Gasteiger partial charge in [0.1, 0.15) is 4.83 Å². The molecule has 1 N–H and O–H groups in total. The number of hydrogen-bond donors (Lipinski definition) is 1. The minimum absolute atomic E-state index is 0.0239. The average molecular weight is 324 g/mol. The Morgan fingerprint density at radius 3 is 2.95 bits per heavy atom. The summed E-state index contributed by atoms with van der Waals surface area (Å²) in [5.74, 6) is -0.997. The van der Waals surface area contributed by atoms with E-state index in [9.17, 15) is 9.18 Å². The smallest absolute Gasteiger partial charge is 0.265 e. The third-order valence-electron chi connectivity index (χ3n) is 3.12. The maximum absolute atomic E-state index is 13.8. The van der Waals surface area contributed by atoms with Gasteiger partial charge in [-0.1, -0.05) is 17.7 Å². The van der Waals surface area contributed by atoms with Crippen LogP contribution in [-0.2, 0) is 7.05 Å². The zero-order valence-corrected chi connectivity index (χ0v) is 12.8. The molecule has 0 saturated heterocycles. The third kappa shape index (κ3) is 2.41. The Balaban J connectivity index is 1.93. The Kier molecular flexibility index (Phi) is 3.43. The van der Waals surface area contributed by atoms with Gasteiger partial charge in [-0.15, -0.1) is 11.3 Å². The first-order valence-corrected chi connectivity index (χ1v) is 7.35. The van der Waals surface area contributed by atoms with Gasteiger partial charge < -0.3 is 5.32 Å². The Morgan fingerprint density at radius 2 is 2.24 bits per heavy atom. The lowest BCUT2D eigenvalue weighted by Gasteiger charge is -2.05. The average Bonchev–Trinajstić information content (AvgIpc) is 2.98. The lowest BCUT2D eigenvalue weighted by molar-refractivity contribution is 0.103. The molecule has 4 nitrogen and oxygen atoms in total. The SMILES string of the molecule is Cc1nn(C)c2sc(C(=O)Nc3cccc(Cl)c3F)cc12. The Hall–Kier alpha value is -1.92. The van der Waals surface area contributed by atoms with Crippen molar-refractivity contribution in [2.75, 3.05) is 5.32 Å². The fourth-order valence-electron chi connectivity index (χ4n) is 2.10. The van der Waals surface area contributed by atoms with Gasteiger partial charge in [0.2, 0.25) is 0 Å². The molecule has 0 saturated carbocycles. The Bertz CT molecular complexity index is 821. The first-order valence-electron chi connectivity index (χ1n) is 6.16. The molecule has 0 aliphatic carbocycles. The van der Waals surface area contributed by atoms with Crippen LogP contribution in [-0.4, -0.2) is 15.7 Å². The molecule has 108 valence electrons. The number of nitrogens with zero attached hydrogens (tertiary/aromatic N) is 2. The second-order valence-corrected chi connectivity index (χ2v) is 6.03. The summed E-state index contributed by atoms with van der Waals surface area (Å²) in [6.07, 6.45) is 0. The largest absolute Gasteiger partial charge is 0.319 e. The van der Waals surface area contributed by atoms with E-state index in [0.29, 0.717) is 4.88 Å². The number of hydrogen-bond acceptors (Lipinski definition) is 3. The highest BCUT2D eigenvalue weighted by molar-refractivity contribution is 7.20. The van der Waals surface area contributed by atoms with Crippen molar-refractivity contribution < 1.29 is 9.18 Å². The van der Waals surface area contributed by atoms with E-state index < -0.39 is 5.82 Å². The minimum Gasteiger partial charge on any atom is -0.319 e. The highest BCUT2D eigenvalue weighted by atomic mass is 35.5. The zero-order chi connectivity index (χ0) is 15.1. The van der Waals surface area contributed by atoms with Crippen molar-refractivity contribution in [3.63, 3.8) is 0 Å². The van der Waals surface area contributed by atoms with Gasteiger partial charge in [-0.3, -0.25) is 9.48 Å². The molecule has 3 rings (SSSR count). The number of aryl methyl sites for hydroxylation is 2. The number of aromatic nitrogens is 2. The van der Waals surface area contributed by atoms with Crippen molar-refractivity contribution in [2.45, 2.75) is 6.92 Å². The van der Waals surface area contributed by atoms with E-state index in [1.165, 1.54) is 23.5 Å². The number of carbonyl (C=O) groups is 1. The summed E-state index contributed by atoms with van der Waals surface area (Å²) in [4.78, 5) is 13.6. The molecule has 0 fully saturated rings. The molecule has 7 heteroatoms. The number of rotatable bonds is 2. The second-order valence-electron chi connectivity index (χ2n) is 4.59. The van der Waals surface area contributed by atoms with E-state index in [-0.39, 0.29) is 16.6 Å². The summed E-state index contributed by atoms with van der Waals surface area (Å²) in [6, 6.07) is 6.25. The molecule has 2 heterocycles. The van der Waals surface area contributed by atoms with Gasteiger partial charge >= 0.3 is 0 Å². The number of thiophene rings is 1. The van der Waals surface area contributed by atoms with Crippen molar-refractivity contribution in [2.24, 2.45) is 7.05 Å². The summed E-state index contributed by atoms with van der Waals surface area (Å²) in [5, 5.41) is 7.72. The van der Waals surface area contributed by atoms with E-state index in [2.05, 4.69) is 10.4 Å². The van der Waals surface area contributed by atoms with Crippen molar-refractivity contribution in [1.82, 2.24) is 9.78 Å². The normalized spacial score (nSPS) is 11.0. The fourth-order valence-corrected chi connectivity index (χ4v) is 3.29. The Labute approximate surface area is 129 Å². The zero-order valence-electron chi connectivity index (χ0n) is 11.3. The predicted octanol–water partition coefficient (Wildman–Crippen LogP) is 3.99. The maximum atomic E-state index is 13.8. The van der Waals surface area contributed by atoms with Crippen LogP contribution < -0.4 is 5.32 Å². The van der Waals surface area contributed by atoms with Crippen LogP contribution in [0.5, 0.6) is 0 Å². The van der Waals surface area contributed by atoms with Gasteiger partial charge in [0, 0.05) is 12.4 Å². The lowest BCUT2D eigenvalue weighted by Crippen LogP contribution is -2.11. The molecule has 21 heavy (non-hydrogen) atoms. The van der Waals surface area contributed by atoms with Crippen molar-refractivity contribution in [3.05, 3.63) is 45.7 Å². The molecular formula is C14H11ClFN3OS. The highest BCUT2D eigenvalue weighted by Crippen LogP contribution is 2.29. The summed E-state index contributed by atoms with van der Waals surface area (Å²) >= 11 is 7.01. The fraction of sp³-hybridized carbons (Fsp3) is 0.143. The first kappa shape index (κ1) is 14.0. The number of halogens is 2. The standard InChI is InChI=1S/C14H11ClFN3OS/c1-7-8-6-11(21-14(8)19(2)18-7)13(20)17-10-5-3-4-9(15)12(10)16/h3-6H,1-2H3,(H,17,20). The van der Waals surface area contributed by atoms with E-state index in [1.807, 2.05) is 14.0 Å². The van der Waals surface area contributed by atoms with Crippen LogP contribution in [0, 0.1) is 12.7 Å². The molecule has 0 aliphatic rings. The molecule has 0 atom stereocenters. The quantitative estimate of drug-likeness (QED) is 0.775. The summed E-state index contributed by atoms with van der Waals surface area (Å²) < 4.78 is 15.5. The van der Waals surface area contributed by atoms with E-state index in [4.69, 9.17) is 11.6 Å². The lowest BCUT2D eigenvalue weighted by atomic mass is 10.2. The van der Waals surface area contributed by atoms with Crippen LogP contribution in [0.4, 0.5) is 10.1 Å². The third-order valence-corrected chi connectivity index (χ3v) is 4.61. The van der Waals surface area contributed by atoms with Gasteiger partial charge in [0.05, 0.1) is 21.3 Å². The summed E-state index contributed by atoms with van der Waals surface area (Å²) in [7, 11) is 1.82. The van der Waals surface area contributed by atoms with Crippen molar-refractivity contribution in [3.8, 4) is 0 Å². The van der Waals surface area contributed by atoms with Gasteiger partial charge in [0.15, 0.2) is 5.82 Å². The minimum atomic E-state index is -0.633. The van der Waals surface area contributed by atoms with Gasteiger partial charge in [-0.2, -0.15) is 5.10 Å². The number of amides is 1. The van der Waals surface area contributed by atoms with Crippen LogP contribution in [0.3, 0.4) is 0 Å². The number of benzene rings is 1. The molecule has 3 aromatic rings. The molecule has 0 bridgehead atoms. The van der Waals surface area contributed by atoms with Crippen LogP contribution in [0.15, 0.2) is 24.3 Å². The summed E-state index contributed by atoms with van der Waals surface area (Å²) in [6.45, 7) is 1.88. The molecule has 0 aliphatic heterocycles. The molecule has 2 aromatic heterocycles. The molecule has 0 spiro atoms. The van der Waals surface area contributed by atoms with Crippen molar-refractivity contribution in [1.29, 1.82) is 0 Å². The Morgan fingerprint density at radius 1 is 1.48 bits per heavy atom. The van der Waals surface area contributed by atoms with Crippen LogP contribution in [0.25, 0.3) is 10.2 Å². The van der Waals surface area contributed by atoms with Crippen LogP contribution in [0.2, 0.25) is 5.02 Å². The van der Waals surface area contributed by atoms with E-state index in [1.54, 1.807) is 16.8 Å². The topological polar surface area (TPSA) is 46.9 Å². The summed E-state index contributed by atoms with van der Waals surface area (Å²) in [5.41, 5.74) is 0.927. The van der Waals surface area contributed by atoms with E-state index in [0.717, 1.165) is 15.9 Å². The van der Waals surface area contributed by atoms with E-state index >= 15 is 0 Å². The molecule has 1 aromatic carbocycles. The molecule has 0 radical (unpaired) electrons. The number of nitrogens with one attached hydrogen (secondary N) is 1. The van der Waals surface area contributed by atoms with Gasteiger partial charge in [-0.25, -0.2) is 4.39 Å².